The van der Waals surface area contributed by atoms with E-state index in [1.165, 1.54) is 17.0 Å². The molecule has 120 valence electrons. The smallest absolute Gasteiger partial charge is 0.414 e. The first-order valence-electron chi connectivity index (χ1n) is 6.78. The number of halogens is 1. The van der Waals surface area contributed by atoms with Crippen LogP contribution in [0.3, 0.4) is 0 Å². The Morgan fingerprint density at radius 1 is 1.13 bits per heavy atom. The molecule has 1 aliphatic rings. The van der Waals surface area contributed by atoms with Crippen molar-refractivity contribution < 1.29 is 17.9 Å². The van der Waals surface area contributed by atoms with Crippen molar-refractivity contribution >= 4 is 39.1 Å². The van der Waals surface area contributed by atoms with Gasteiger partial charge in [0.05, 0.1) is 11.4 Å². The second kappa shape index (κ2) is 6.10. The molecule has 1 heterocycles. The highest BCUT2D eigenvalue weighted by Crippen LogP contribution is 2.23. The standard InChI is InChI=1S/C15H13ClN2O4S/c16-11-2-1-3-14(10-11)23(20,21)17-12-4-6-13(7-5-12)18-8-9-22-15(18)19/h1-7,10,17H,8-9H2. The summed E-state index contributed by atoms with van der Waals surface area (Å²) >= 11 is 5.82. The third kappa shape index (κ3) is 3.40. The molecule has 1 N–H and O–H groups in total. The van der Waals surface area contributed by atoms with Gasteiger partial charge in [-0.15, -0.1) is 0 Å². The van der Waals surface area contributed by atoms with Crippen molar-refractivity contribution in [2.45, 2.75) is 4.90 Å². The molecule has 0 spiro atoms. The van der Waals surface area contributed by atoms with Crippen molar-refractivity contribution in [1.29, 1.82) is 0 Å². The van der Waals surface area contributed by atoms with Crippen LogP contribution in [0.15, 0.2) is 53.4 Å². The molecular weight excluding hydrogens is 340 g/mol. The first-order valence-corrected chi connectivity index (χ1v) is 8.64. The third-order valence-corrected chi connectivity index (χ3v) is 4.91. The minimum atomic E-state index is -3.72. The van der Waals surface area contributed by atoms with Gasteiger partial charge in [-0.3, -0.25) is 9.62 Å². The minimum absolute atomic E-state index is 0.0807. The molecule has 0 atom stereocenters. The molecule has 1 fully saturated rings. The van der Waals surface area contributed by atoms with E-state index in [-0.39, 0.29) is 4.90 Å². The molecule has 1 amide bonds. The van der Waals surface area contributed by atoms with Gasteiger partial charge in [0.2, 0.25) is 0 Å². The average molecular weight is 353 g/mol. The van der Waals surface area contributed by atoms with Gasteiger partial charge in [-0.05, 0) is 42.5 Å². The molecule has 0 bridgehead atoms. The molecule has 1 saturated heterocycles. The first kappa shape index (κ1) is 15.6. The van der Waals surface area contributed by atoms with Gasteiger partial charge in [0.1, 0.15) is 6.61 Å². The summed E-state index contributed by atoms with van der Waals surface area (Å²) in [7, 11) is -3.72. The molecule has 0 radical (unpaired) electrons. The Bertz CT molecular complexity index is 837. The second-order valence-electron chi connectivity index (χ2n) is 4.88. The maximum Gasteiger partial charge on any atom is 0.414 e. The number of sulfonamides is 1. The summed E-state index contributed by atoms with van der Waals surface area (Å²) in [6, 6.07) is 12.5. The number of anilines is 2. The summed E-state index contributed by atoms with van der Waals surface area (Å²) in [6.07, 6.45) is -0.405. The average Bonchev–Trinajstić information content (AvgIpc) is 2.94. The number of nitrogens with one attached hydrogen (secondary N) is 1. The highest BCUT2D eigenvalue weighted by molar-refractivity contribution is 7.92. The number of nitrogens with zero attached hydrogens (tertiary/aromatic N) is 1. The summed E-state index contributed by atoms with van der Waals surface area (Å²) in [5, 5.41) is 0.343. The van der Waals surface area contributed by atoms with Crippen molar-refractivity contribution in [3.8, 4) is 0 Å². The van der Waals surface area contributed by atoms with E-state index in [9.17, 15) is 13.2 Å². The van der Waals surface area contributed by atoms with Crippen LogP contribution in [0.5, 0.6) is 0 Å². The van der Waals surface area contributed by atoms with E-state index < -0.39 is 16.1 Å². The zero-order chi connectivity index (χ0) is 16.4. The Morgan fingerprint density at radius 3 is 2.48 bits per heavy atom. The normalized spacial score (nSPS) is 14.7. The van der Waals surface area contributed by atoms with E-state index in [1.807, 2.05) is 0 Å². The second-order valence-corrected chi connectivity index (χ2v) is 6.99. The molecule has 0 unspecified atom stereocenters. The molecule has 2 aromatic carbocycles. The minimum Gasteiger partial charge on any atom is -0.447 e. The van der Waals surface area contributed by atoms with Crippen LogP contribution >= 0.6 is 11.6 Å². The Labute approximate surface area is 138 Å². The van der Waals surface area contributed by atoms with Crippen molar-refractivity contribution in [3.63, 3.8) is 0 Å². The first-order chi connectivity index (χ1) is 11.0. The van der Waals surface area contributed by atoms with Gasteiger partial charge in [-0.25, -0.2) is 13.2 Å². The van der Waals surface area contributed by atoms with E-state index in [0.29, 0.717) is 29.5 Å². The van der Waals surface area contributed by atoms with E-state index >= 15 is 0 Å². The number of cyclic esters (lactones) is 1. The largest absolute Gasteiger partial charge is 0.447 e. The van der Waals surface area contributed by atoms with Gasteiger partial charge in [0, 0.05) is 16.4 Å². The Morgan fingerprint density at radius 2 is 1.87 bits per heavy atom. The quantitative estimate of drug-likeness (QED) is 0.917. The highest BCUT2D eigenvalue weighted by atomic mass is 35.5. The summed E-state index contributed by atoms with van der Waals surface area (Å²) in [5.41, 5.74) is 1.04. The highest BCUT2D eigenvalue weighted by Gasteiger charge is 2.23. The zero-order valence-electron chi connectivity index (χ0n) is 11.9. The van der Waals surface area contributed by atoms with Crippen LogP contribution in [-0.4, -0.2) is 27.7 Å². The van der Waals surface area contributed by atoms with Gasteiger partial charge in [0.15, 0.2) is 0 Å². The Balaban J connectivity index is 1.79. The Hall–Kier alpha value is -2.25. The molecule has 0 aromatic heterocycles. The van der Waals surface area contributed by atoms with Gasteiger partial charge < -0.3 is 4.74 Å². The number of amides is 1. The van der Waals surface area contributed by atoms with E-state index in [1.54, 1.807) is 36.4 Å². The summed E-state index contributed by atoms with van der Waals surface area (Å²) in [4.78, 5) is 13.0. The van der Waals surface area contributed by atoms with Crippen LogP contribution in [-0.2, 0) is 14.8 Å². The lowest BCUT2D eigenvalue weighted by Gasteiger charge is -2.14. The molecule has 23 heavy (non-hydrogen) atoms. The maximum atomic E-state index is 12.3. The molecule has 1 aliphatic heterocycles. The molecule has 2 aromatic rings. The molecule has 0 aliphatic carbocycles. The fourth-order valence-corrected chi connectivity index (χ4v) is 3.54. The topological polar surface area (TPSA) is 75.7 Å². The molecule has 0 saturated carbocycles. The number of carbonyl (C=O) groups is 1. The van der Waals surface area contributed by atoms with Crippen LogP contribution < -0.4 is 9.62 Å². The summed E-state index contributed by atoms with van der Waals surface area (Å²) in [6.45, 7) is 0.828. The maximum absolute atomic E-state index is 12.3. The predicted molar refractivity (Wildman–Crippen MR) is 87.4 cm³/mol. The number of rotatable bonds is 4. The van der Waals surface area contributed by atoms with E-state index in [2.05, 4.69) is 4.72 Å². The lowest BCUT2D eigenvalue weighted by atomic mass is 10.2. The van der Waals surface area contributed by atoms with Crippen molar-refractivity contribution in [3.05, 3.63) is 53.6 Å². The lowest BCUT2D eigenvalue weighted by Crippen LogP contribution is -2.23. The van der Waals surface area contributed by atoms with Crippen LogP contribution in [0, 0.1) is 0 Å². The van der Waals surface area contributed by atoms with Crippen LogP contribution in [0.25, 0.3) is 0 Å². The summed E-state index contributed by atoms with van der Waals surface area (Å²) in [5.74, 6) is 0. The molecule has 8 heteroatoms. The van der Waals surface area contributed by atoms with Gasteiger partial charge in [0.25, 0.3) is 10.0 Å². The number of benzene rings is 2. The van der Waals surface area contributed by atoms with E-state index in [4.69, 9.17) is 16.3 Å². The number of hydrogen-bond acceptors (Lipinski definition) is 4. The Kier molecular flexibility index (Phi) is 4.14. The van der Waals surface area contributed by atoms with E-state index in [0.717, 1.165) is 0 Å². The van der Waals surface area contributed by atoms with Crippen molar-refractivity contribution in [1.82, 2.24) is 0 Å². The lowest BCUT2D eigenvalue weighted by molar-refractivity contribution is 0.181. The molecule has 3 rings (SSSR count). The SMILES string of the molecule is O=C1OCCN1c1ccc(NS(=O)(=O)c2cccc(Cl)c2)cc1. The zero-order valence-corrected chi connectivity index (χ0v) is 13.5. The third-order valence-electron chi connectivity index (χ3n) is 3.30. The van der Waals surface area contributed by atoms with Crippen molar-refractivity contribution in [2.24, 2.45) is 0 Å². The van der Waals surface area contributed by atoms with Crippen LogP contribution in [0.2, 0.25) is 5.02 Å². The molecule has 6 nitrogen and oxygen atoms in total. The fourth-order valence-electron chi connectivity index (χ4n) is 2.19. The van der Waals surface area contributed by atoms with Gasteiger partial charge >= 0.3 is 6.09 Å². The van der Waals surface area contributed by atoms with Gasteiger partial charge in [-0.2, -0.15) is 0 Å². The number of ether oxygens (including phenoxy) is 1. The van der Waals surface area contributed by atoms with Crippen molar-refractivity contribution in [2.75, 3.05) is 22.8 Å². The molecular formula is C15H13ClN2O4S. The monoisotopic (exact) mass is 352 g/mol. The number of hydrogen-bond donors (Lipinski definition) is 1. The van der Waals surface area contributed by atoms with Gasteiger partial charge in [-0.1, -0.05) is 17.7 Å². The number of carbonyl (C=O) groups excluding carboxylic acids is 1. The van der Waals surface area contributed by atoms with Crippen LogP contribution in [0.1, 0.15) is 0 Å². The summed E-state index contributed by atoms with van der Waals surface area (Å²) < 4.78 is 31.9. The fraction of sp³-hybridized carbons (Fsp3) is 0.133. The van der Waals surface area contributed by atoms with Crippen LogP contribution in [0.4, 0.5) is 16.2 Å². The predicted octanol–water partition coefficient (Wildman–Crippen LogP) is 3.10.